The zero-order valence-electron chi connectivity index (χ0n) is 15.9. The summed E-state index contributed by atoms with van der Waals surface area (Å²) in [6, 6.07) is 11.2. The van der Waals surface area contributed by atoms with Crippen molar-refractivity contribution in [3.63, 3.8) is 0 Å². The topological polar surface area (TPSA) is 85.8 Å². The third kappa shape index (κ3) is 4.80. The molecule has 2 aromatic carbocycles. The molecule has 0 spiro atoms. The molecule has 0 aliphatic carbocycles. The molecule has 1 amide bonds. The number of amides is 1. The average Bonchev–Trinajstić information content (AvgIpc) is 3.05. The van der Waals surface area contributed by atoms with Crippen LogP contribution in [-0.2, 0) is 19.6 Å². The van der Waals surface area contributed by atoms with Gasteiger partial charge in [0.15, 0.2) is 5.15 Å². The number of aryl methyl sites for hydroxylation is 1. The number of carbonyl (C=O) groups excluding carboxylic acids is 1. The summed E-state index contributed by atoms with van der Waals surface area (Å²) in [6.07, 6.45) is -4.51. The molecule has 6 nitrogen and oxygen atoms in total. The van der Waals surface area contributed by atoms with Crippen molar-refractivity contribution in [2.45, 2.75) is 18.6 Å². The molecule has 3 N–H and O–H groups in total. The van der Waals surface area contributed by atoms with E-state index in [0.717, 1.165) is 11.6 Å². The van der Waals surface area contributed by atoms with Crippen molar-refractivity contribution in [1.82, 2.24) is 20.3 Å². The summed E-state index contributed by atoms with van der Waals surface area (Å²) in [5, 5.41) is 10.5. The van der Waals surface area contributed by atoms with E-state index in [1.54, 1.807) is 31.3 Å². The van der Waals surface area contributed by atoms with Gasteiger partial charge in [-0.05, 0) is 30.2 Å². The van der Waals surface area contributed by atoms with Gasteiger partial charge in [0.1, 0.15) is 5.69 Å². The Morgan fingerprint density at radius 2 is 1.87 bits per heavy atom. The molecule has 158 valence electrons. The van der Waals surface area contributed by atoms with Crippen LogP contribution in [0.3, 0.4) is 0 Å². The van der Waals surface area contributed by atoms with Gasteiger partial charge in [0.25, 0.3) is 5.91 Å². The Balaban J connectivity index is 1.73. The van der Waals surface area contributed by atoms with Crippen molar-refractivity contribution < 1.29 is 18.0 Å². The van der Waals surface area contributed by atoms with Crippen LogP contribution in [0.2, 0.25) is 5.15 Å². The lowest BCUT2D eigenvalue weighted by Crippen LogP contribution is -2.42. The highest BCUT2D eigenvalue weighted by molar-refractivity contribution is 6.31. The van der Waals surface area contributed by atoms with Gasteiger partial charge in [-0.1, -0.05) is 47.1 Å². The highest BCUT2D eigenvalue weighted by Gasteiger charge is 2.33. The number of nitrogens with two attached hydrogens (primary N) is 1. The van der Waals surface area contributed by atoms with E-state index in [-0.39, 0.29) is 23.7 Å². The number of rotatable bonds is 6. The van der Waals surface area contributed by atoms with E-state index >= 15 is 0 Å². The first-order valence-electron chi connectivity index (χ1n) is 9.02. The zero-order chi connectivity index (χ0) is 21.9. The van der Waals surface area contributed by atoms with Crippen molar-refractivity contribution in [3.8, 4) is 11.3 Å². The lowest BCUT2D eigenvalue weighted by Gasteiger charge is -2.20. The lowest BCUT2D eigenvalue weighted by molar-refractivity contribution is -0.138. The molecule has 0 aliphatic heterocycles. The fourth-order valence-electron chi connectivity index (χ4n) is 3.12. The number of nitrogens with zero attached hydrogens (tertiary/aromatic N) is 3. The number of alkyl halides is 3. The largest absolute Gasteiger partial charge is 0.416 e. The van der Waals surface area contributed by atoms with E-state index in [4.69, 9.17) is 17.3 Å². The first-order chi connectivity index (χ1) is 14.2. The maximum Gasteiger partial charge on any atom is 0.416 e. The molecule has 1 atom stereocenters. The second kappa shape index (κ2) is 8.85. The summed E-state index contributed by atoms with van der Waals surface area (Å²) in [4.78, 5) is 12.6. The maximum absolute atomic E-state index is 13.2. The van der Waals surface area contributed by atoms with E-state index in [1.807, 2.05) is 0 Å². The van der Waals surface area contributed by atoms with Crippen LogP contribution in [0.1, 0.15) is 21.5 Å². The molecule has 10 heteroatoms. The number of benzene rings is 2. The molecule has 3 aromatic rings. The Labute approximate surface area is 175 Å². The van der Waals surface area contributed by atoms with Gasteiger partial charge in [-0.2, -0.15) is 13.2 Å². The van der Waals surface area contributed by atoms with Crippen LogP contribution in [0.4, 0.5) is 13.2 Å². The molecule has 1 aromatic heterocycles. The predicted octanol–water partition coefficient (Wildman–Crippen LogP) is 3.45. The molecule has 0 bridgehead atoms. The highest BCUT2D eigenvalue weighted by Crippen LogP contribution is 2.32. The Hall–Kier alpha value is -2.91. The van der Waals surface area contributed by atoms with Crippen LogP contribution in [-0.4, -0.2) is 33.5 Å². The van der Waals surface area contributed by atoms with Crippen molar-refractivity contribution in [2.24, 2.45) is 12.8 Å². The van der Waals surface area contributed by atoms with Gasteiger partial charge >= 0.3 is 6.18 Å². The van der Waals surface area contributed by atoms with E-state index in [1.165, 1.54) is 22.9 Å². The molecule has 0 fully saturated rings. The number of halogens is 4. The minimum Gasteiger partial charge on any atom is -0.348 e. The molecule has 30 heavy (non-hydrogen) atoms. The smallest absolute Gasteiger partial charge is 0.348 e. The summed E-state index contributed by atoms with van der Waals surface area (Å²) < 4.78 is 41.1. The van der Waals surface area contributed by atoms with Crippen LogP contribution < -0.4 is 11.1 Å². The van der Waals surface area contributed by atoms with Gasteiger partial charge in [-0.25, -0.2) is 4.68 Å². The standard InChI is InChI=1S/C20H19ClF3N5O/c1-29-17(18(21)27-28-29)12-6-8-13(9-7-12)19(30)26-15(11-25)10-14-4-2-3-5-16(14)20(22,23)24/h2-9,15H,10-11,25H2,1H3,(H,26,30)/t15-/m1/s1. The maximum atomic E-state index is 13.2. The number of aromatic nitrogens is 3. The lowest BCUT2D eigenvalue weighted by atomic mass is 9.99. The van der Waals surface area contributed by atoms with Gasteiger partial charge in [0.2, 0.25) is 0 Å². The van der Waals surface area contributed by atoms with Gasteiger partial charge in [0.05, 0.1) is 5.56 Å². The highest BCUT2D eigenvalue weighted by atomic mass is 35.5. The number of carbonyl (C=O) groups is 1. The van der Waals surface area contributed by atoms with Gasteiger partial charge in [0, 0.05) is 30.8 Å². The monoisotopic (exact) mass is 437 g/mol. The molecular weight excluding hydrogens is 419 g/mol. The third-order valence-corrected chi connectivity index (χ3v) is 4.87. The minimum atomic E-state index is -4.47. The first kappa shape index (κ1) is 21.8. The minimum absolute atomic E-state index is 0.00763. The fourth-order valence-corrected chi connectivity index (χ4v) is 3.38. The fraction of sp³-hybridized carbons (Fsp3) is 0.250. The molecule has 0 unspecified atom stereocenters. The summed E-state index contributed by atoms with van der Waals surface area (Å²) in [7, 11) is 1.69. The molecule has 0 aliphatic rings. The molecule has 3 rings (SSSR count). The van der Waals surface area contributed by atoms with Crippen molar-refractivity contribution in [2.75, 3.05) is 6.54 Å². The van der Waals surface area contributed by atoms with E-state index in [9.17, 15) is 18.0 Å². The number of nitrogens with one attached hydrogen (secondary N) is 1. The van der Waals surface area contributed by atoms with Gasteiger partial charge < -0.3 is 11.1 Å². The van der Waals surface area contributed by atoms with Crippen LogP contribution in [0.25, 0.3) is 11.3 Å². The number of hydrogen-bond acceptors (Lipinski definition) is 4. The molecule has 0 saturated carbocycles. The second-order valence-corrected chi connectivity index (χ2v) is 7.05. The Kier molecular flexibility index (Phi) is 6.42. The normalized spacial score (nSPS) is 12.6. The molecule has 0 saturated heterocycles. The Bertz CT molecular complexity index is 1010. The van der Waals surface area contributed by atoms with Crippen LogP contribution >= 0.6 is 11.6 Å². The van der Waals surface area contributed by atoms with Crippen LogP contribution in [0.5, 0.6) is 0 Å². The number of hydrogen-bond donors (Lipinski definition) is 2. The van der Waals surface area contributed by atoms with Crippen LogP contribution in [0, 0.1) is 0 Å². The van der Waals surface area contributed by atoms with Gasteiger partial charge in [-0.15, -0.1) is 5.10 Å². The molecule has 0 radical (unpaired) electrons. The van der Waals surface area contributed by atoms with E-state index < -0.39 is 23.7 Å². The van der Waals surface area contributed by atoms with E-state index in [2.05, 4.69) is 15.6 Å². The summed E-state index contributed by atoms with van der Waals surface area (Å²) >= 11 is 6.02. The van der Waals surface area contributed by atoms with E-state index in [0.29, 0.717) is 11.3 Å². The van der Waals surface area contributed by atoms with Crippen molar-refractivity contribution >= 4 is 17.5 Å². The predicted molar refractivity (Wildman–Crippen MR) is 107 cm³/mol. The first-order valence-corrected chi connectivity index (χ1v) is 9.40. The third-order valence-electron chi connectivity index (χ3n) is 4.62. The second-order valence-electron chi connectivity index (χ2n) is 6.69. The van der Waals surface area contributed by atoms with Crippen molar-refractivity contribution in [3.05, 3.63) is 70.4 Å². The summed E-state index contributed by atoms with van der Waals surface area (Å²) in [5.41, 5.74) is 6.71. The zero-order valence-corrected chi connectivity index (χ0v) is 16.7. The quantitative estimate of drug-likeness (QED) is 0.618. The molecular formula is C20H19ClF3N5O. The van der Waals surface area contributed by atoms with Crippen LogP contribution in [0.15, 0.2) is 48.5 Å². The Morgan fingerprint density at radius 3 is 2.43 bits per heavy atom. The molecule has 1 heterocycles. The average molecular weight is 438 g/mol. The summed E-state index contributed by atoms with van der Waals surface area (Å²) in [6.45, 7) is -0.00763. The SMILES string of the molecule is Cn1nnc(Cl)c1-c1ccc(C(=O)N[C@@H](CN)Cc2ccccc2C(F)(F)F)cc1. The summed E-state index contributed by atoms with van der Waals surface area (Å²) in [5.74, 6) is -0.435. The van der Waals surface area contributed by atoms with Crippen molar-refractivity contribution in [1.29, 1.82) is 0 Å². The van der Waals surface area contributed by atoms with Gasteiger partial charge in [-0.3, -0.25) is 4.79 Å². The Morgan fingerprint density at radius 1 is 1.20 bits per heavy atom.